The van der Waals surface area contributed by atoms with Crippen LogP contribution in [0.1, 0.15) is 11.3 Å². The molecule has 16 heavy (non-hydrogen) atoms. The molecule has 90 valence electrons. The molecular formula is C10H14BF3NO-. The van der Waals surface area contributed by atoms with Crippen LogP contribution in [0.5, 0.6) is 0 Å². The topological polar surface area (TPSA) is 16.4 Å². The molecule has 0 amide bonds. The lowest BCUT2D eigenvalue weighted by Crippen LogP contribution is -2.29. The summed E-state index contributed by atoms with van der Waals surface area (Å²) in [6, 6.07) is 1.76. The van der Waals surface area contributed by atoms with Crippen LogP contribution in [-0.2, 0) is 6.54 Å². The molecule has 0 saturated heterocycles. The first-order valence-corrected chi connectivity index (χ1v) is 4.90. The minimum absolute atomic E-state index is 0.173. The first kappa shape index (κ1) is 12.9. The summed E-state index contributed by atoms with van der Waals surface area (Å²) in [5.74, 6) is 0.731. The Hall–Kier alpha value is -1.17. The first-order chi connectivity index (χ1) is 7.30. The summed E-state index contributed by atoms with van der Waals surface area (Å²) in [6.45, 7) is 0.151. The van der Waals surface area contributed by atoms with Gasteiger partial charge in [0.1, 0.15) is 5.76 Å². The highest BCUT2D eigenvalue weighted by atomic mass is 19.4. The average molecular weight is 232 g/mol. The lowest BCUT2D eigenvalue weighted by Gasteiger charge is -2.24. The fourth-order valence-corrected chi connectivity index (χ4v) is 1.37. The number of hydrogen-bond donors (Lipinski definition) is 0. The number of nitrogens with zero attached hydrogens (tertiary/aromatic N) is 1. The maximum Gasteiger partial charge on any atom is 0.506 e. The highest BCUT2D eigenvalue weighted by molar-refractivity contribution is 6.66. The zero-order valence-electron chi connectivity index (χ0n) is 9.34. The second-order valence-electron chi connectivity index (χ2n) is 3.91. The molecule has 0 fully saturated rings. The summed E-state index contributed by atoms with van der Waals surface area (Å²) in [7, 11) is 1.62. The minimum Gasteiger partial charge on any atom is -0.469 e. The fourth-order valence-electron chi connectivity index (χ4n) is 1.37. The predicted octanol–water partition coefficient (Wildman–Crippen LogP) is 2.96. The summed E-state index contributed by atoms with van der Waals surface area (Å²) < 4.78 is 41.9. The fraction of sp³-hybridized carbons (Fsp3) is 0.400. The molecule has 1 rings (SSSR count). The zero-order valence-corrected chi connectivity index (χ0v) is 9.34. The van der Waals surface area contributed by atoms with Crippen LogP contribution in [0.25, 0.3) is 0 Å². The van der Waals surface area contributed by atoms with Gasteiger partial charge in [0.2, 0.25) is 0 Å². The van der Waals surface area contributed by atoms with Crippen LogP contribution in [0.15, 0.2) is 28.8 Å². The normalized spacial score (nSPS) is 12.1. The Morgan fingerprint density at radius 1 is 1.50 bits per heavy atom. The molecule has 0 aliphatic heterocycles. The Morgan fingerprint density at radius 3 is 2.56 bits per heavy atom. The molecule has 1 aromatic rings. The van der Waals surface area contributed by atoms with Gasteiger partial charge >= 0.3 is 6.98 Å². The van der Waals surface area contributed by atoms with E-state index in [1.165, 1.54) is 6.26 Å². The van der Waals surface area contributed by atoms with Crippen LogP contribution >= 0.6 is 0 Å². The van der Waals surface area contributed by atoms with E-state index in [-0.39, 0.29) is 6.54 Å². The van der Waals surface area contributed by atoms with Crippen LogP contribution in [0.3, 0.4) is 0 Å². The Labute approximate surface area is 92.8 Å². The van der Waals surface area contributed by atoms with E-state index in [2.05, 4.69) is 6.58 Å². The molecule has 2 nitrogen and oxygen atoms in total. The standard InChI is InChI=1S/C10H14BF3NO/c1-8(11(12,13)14)6-15(3)7-10-4-5-16-9(10)2/h4-5H,1,6-7H2,2-3H3/q-1. The van der Waals surface area contributed by atoms with Crippen molar-refractivity contribution < 1.29 is 17.4 Å². The van der Waals surface area contributed by atoms with Crippen LogP contribution in [0.4, 0.5) is 12.9 Å². The van der Waals surface area contributed by atoms with Gasteiger partial charge in [-0.2, -0.15) is 0 Å². The lowest BCUT2D eigenvalue weighted by molar-refractivity contribution is 0.347. The van der Waals surface area contributed by atoms with Crippen molar-refractivity contribution in [2.45, 2.75) is 13.5 Å². The zero-order chi connectivity index (χ0) is 12.3. The molecule has 0 unspecified atom stereocenters. The van der Waals surface area contributed by atoms with Crippen molar-refractivity contribution in [3.05, 3.63) is 35.7 Å². The summed E-state index contributed by atoms with van der Waals surface area (Å²) >= 11 is 0. The van der Waals surface area contributed by atoms with Gasteiger partial charge < -0.3 is 22.3 Å². The molecule has 6 heteroatoms. The average Bonchev–Trinajstić information content (AvgIpc) is 2.50. The predicted molar refractivity (Wildman–Crippen MR) is 58.0 cm³/mol. The molecular weight excluding hydrogens is 218 g/mol. The van der Waals surface area contributed by atoms with E-state index in [9.17, 15) is 12.9 Å². The second-order valence-corrected chi connectivity index (χ2v) is 3.91. The molecule has 0 bridgehead atoms. The van der Waals surface area contributed by atoms with Crippen molar-refractivity contribution in [1.82, 2.24) is 4.90 Å². The van der Waals surface area contributed by atoms with E-state index in [1.807, 2.05) is 0 Å². The second kappa shape index (κ2) is 4.78. The monoisotopic (exact) mass is 232 g/mol. The van der Waals surface area contributed by atoms with Gasteiger partial charge in [0, 0.05) is 12.1 Å². The Balaban J connectivity index is 2.52. The number of halogens is 3. The minimum atomic E-state index is -4.94. The van der Waals surface area contributed by atoms with Gasteiger partial charge in [-0.15, -0.1) is 12.1 Å². The molecule has 1 heterocycles. The molecule has 0 aliphatic rings. The third-order valence-electron chi connectivity index (χ3n) is 2.34. The highest BCUT2D eigenvalue weighted by Gasteiger charge is 2.27. The molecule has 0 aliphatic carbocycles. The quantitative estimate of drug-likeness (QED) is 0.725. The number of aryl methyl sites for hydroxylation is 1. The van der Waals surface area contributed by atoms with Crippen molar-refractivity contribution in [3.8, 4) is 0 Å². The third-order valence-corrected chi connectivity index (χ3v) is 2.34. The summed E-state index contributed by atoms with van der Waals surface area (Å²) in [6.07, 6.45) is 1.53. The molecule has 0 saturated carbocycles. The molecule has 0 radical (unpaired) electrons. The molecule has 0 atom stereocenters. The van der Waals surface area contributed by atoms with Gasteiger partial charge in [-0.3, -0.25) is 0 Å². The molecule has 0 aromatic carbocycles. The van der Waals surface area contributed by atoms with E-state index in [0.717, 1.165) is 11.3 Å². The Morgan fingerprint density at radius 2 is 2.12 bits per heavy atom. The lowest BCUT2D eigenvalue weighted by atomic mass is 9.80. The summed E-state index contributed by atoms with van der Waals surface area (Å²) in [5, 5.41) is 0. The molecule has 0 N–H and O–H groups in total. The van der Waals surface area contributed by atoms with Gasteiger partial charge in [0.25, 0.3) is 0 Å². The van der Waals surface area contributed by atoms with Gasteiger partial charge in [0.15, 0.2) is 0 Å². The molecule has 1 aromatic heterocycles. The maximum atomic E-state index is 12.3. The smallest absolute Gasteiger partial charge is 0.469 e. The first-order valence-electron chi connectivity index (χ1n) is 4.90. The van der Waals surface area contributed by atoms with Crippen LogP contribution in [0.2, 0.25) is 0 Å². The van der Waals surface area contributed by atoms with Crippen LogP contribution in [-0.4, -0.2) is 25.5 Å². The van der Waals surface area contributed by atoms with E-state index in [4.69, 9.17) is 4.42 Å². The van der Waals surface area contributed by atoms with E-state index >= 15 is 0 Å². The van der Waals surface area contributed by atoms with E-state index < -0.39 is 12.4 Å². The van der Waals surface area contributed by atoms with Crippen molar-refractivity contribution in [3.63, 3.8) is 0 Å². The largest absolute Gasteiger partial charge is 0.506 e. The van der Waals surface area contributed by atoms with Gasteiger partial charge in [0.05, 0.1) is 6.26 Å². The number of furan rings is 1. The number of rotatable bonds is 5. The van der Waals surface area contributed by atoms with E-state index in [1.54, 1.807) is 24.9 Å². The van der Waals surface area contributed by atoms with Crippen LogP contribution < -0.4 is 0 Å². The van der Waals surface area contributed by atoms with Gasteiger partial charge in [-0.05, 0) is 26.6 Å². The van der Waals surface area contributed by atoms with E-state index in [0.29, 0.717) is 6.54 Å². The maximum absolute atomic E-state index is 12.3. The van der Waals surface area contributed by atoms with Gasteiger partial charge in [-0.1, -0.05) is 0 Å². The summed E-state index contributed by atoms with van der Waals surface area (Å²) in [4.78, 5) is 1.56. The van der Waals surface area contributed by atoms with Crippen molar-refractivity contribution in [2.24, 2.45) is 0 Å². The molecule has 0 spiro atoms. The Bertz CT molecular complexity index is 372. The van der Waals surface area contributed by atoms with Crippen molar-refractivity contribution in [2.75, 3.05) is 13.6 Å². The summed E-state index contributed by atoms with van der Waals surface area (Å²) in [5.41, 5.74) is 0.216. The van der Waals surface area contributed by atoms with Crippen molar-refractivity contribution in [1.29, 1.82) is 0 Å². The third kappa shape index (κ3) is 3.45. The van der Waals surface area contributed by atoms with Crippen molar-refractivity contribution >= 4 is 6.98 Å². The highest BCUT2D eigenvalue weighted by Crippen LogP contribution is 2.19. The van der Waals surface area contributed by atoms with Crippen LogP contribution in [0, 0.1) is 6.92 Å². The van der Waals surface area contributed by atoms with Gasteiger partial charge in [-0.25, -0.2) is 0 Å². The number of hydrogen-bond acceptors (Lipinski definition) is 2. The number of likely N-dealkylation sites (N-methyl/N-ethyl adjacent to an activating group) is 1. The Kier molecular flexibility index (Phi) is 3.85. The SMILES string of the molecule is C=C(CN(C)Cc1ccoc1C)[B-](F)(F)F.